The minimum absolute atomic E-state index is 1.08. The van der Waals surface area contributed by atoms with E-state index in [1.165, 1.54) is 27.1 Å². The van der Waals surface area contributed by atoms with Gasteiger partial charge in [-0.25, -0.2) is 0 Å². The number of pyridine rings is 1. The maximum atomic E-state index is 2.26. The summed E-state index contributed by atoms with van der Waals surface area (Å²) < 4.78 is 2.24. The summed E-state index contributed by atoms with van der Waals surface area (Å²) in [5.41, 5.74) is 5.16. The summed E-state index contributed by atoms with van der Waals surface area (Å²) in [6.07, 6.45) is 5.56. The molecule has 0 atom stereocenters. The highest BCUT2D eigenvalue weighted by atomic mass is 32.2. The maximum absolute atomic E-state index is 2.26. The van der Waals surface area contributed by atoms with Gasteiger partial charge in [-0.2, -0.15) is 0 Å². The van der Waals surface area contributed by atoms with Crippen LogP contribution in [0.3, 0.4) is 0 Å². The first-order valence-electron chi connectivity index (χ1n) is 8.22. The predicted octanol–water partition coefficient (Wildman–Crippen LogP) is 5.94. The highest BCUT2D eigenvalue weighted by Crippen LogP contribution is 2.23. The first kappa shape index (κ1) is 15.1. The van der Waals surface area contributed by atoms with Gasteiger partial charge in [-0.3, -0.25) is 0 Å². The van der Waals surface area contributed by atoms with Crippen molar-refractivity contribution in [1.29, 1.82) is 0 Å². The molecule has 24 heavy (non-hydrogen) atoms. The summed E-state index contributed by atoms with van der Waals surface area (Å²) >= 11 is 1.91. The molecule has 4 aromatic rings. The Morgan fingerprint density at radius 1 is 0.708 bits per heavy atom. The highest BCUT2D eigenvalue weighted by Gasteiger charge is 2.03. The van der Waals surface area contributed by atoms with Crippen LogP contribution in [0.4, 0.5) is 0 Å². The molecule has 0 aliphatic rings. The van der Waals surface area contributed by atoms with Crippen molar-refractivity contribution in [2.75, 3.05) is 5.75 Å². The number of thioether (sulfide) groups is 1. The fraction of sp³-hybridized carbons (Fsp3) is 0.0909. The second-order valence-corrected chi connectivity index (χ2v) is 7.04. The fourth-order valence-electron chi connectivity index (χ4n) is 2.90. The molecule has 2 heterocycles. The van der Waals surface area contributed by atoms with Crippen LogP contribution in [0.5, 0.6) is 0 Å². The smallest absolute Gasteiger partial charge is 0.0456 e. The van der Waals surface area contributed by atoms with Gasteiger partial charge in [0.1, 0.15) is 0 Å². The molecular weight excluding hydrogens is 310 g/mol. The Bertz CT molecular complexity index is 926. The van der Waals surface area contributed by atoms with Crippen molar-refractivity contribution >= 4 is 17.3 Å². The molecular formula is C22H19NS. The Labute approximate surface area is 147 Å². The standard InChI is InChI=1S/C22H19NS/c1-3-7-19(8-4-1)20-15-21-12-11-18(16-23(21)17-20)13-14-24-22-9-5-2-6-10-22/h1-12,15-17H,13-14H2. The molecule has 0 bridgehead atoms. The van der Waals surface area contributed by atoms with E-state index in [9.17, 15) is 0 Å². The number of fused-ring (bicyclic) bond motifs is 1. The van der Waals surface area contributed by atoms with E-state index in [0.717, 1.165) is 12.2 Å². The first-order chi connectivity index (χ1) is 11.9. The van der Waals surface area contributed by atoms with Gasteiger partial charge in [0.15, 0.2) is 0 Å². The largest absolute Gasteiger partial charge is 0.323 e. The maximum Gasteiger partial charge on any atom is 0.0456 e. The van der Waals surface area contributed by atoms with E-state index < -0.39 is 0 Å². The van der Waals surface area contributed by atoms with Crippen LogP contribution in [0.1, 0.15) is 5.56 Å². The van der Waals surface area contributed by atoms with Crippen LogP contribution in [-0.4, -0.2) is 10.2 Å². The van der Waals surface area contributed by atoms with E-state index in [-0.39, 0.29) is 0 Å². The number of aryl methyl sites for hydroxylation is 1. The van der Waals surface area contributed by atoms with Gasteiger partial charge in [0, 0.05) is 34.1 Å². The van der Waals surface area contributed by atoms with Crippen LogP contribution in [0.25, 0.3) is 16.6 Å². The van der Waals surface area contributed by atoms with Crippen LogP contribution < -0.4 is 0 Å². The minimum atomic E-state index is 1.08. The number of rotatable bonds is 5. The highest BCUT2D eigenvalue weighted by molar-refractivity contribution is 7.99. The van der Waals surface area contributed by atoms with Crippen molar-refractivity contribution < 1.29 is 0 Å². The summed E-state index contributed by atoms with van der Waals surface area (Å²) in [6, 6.07) is 27.9. The molecule has 4 rings (SSSR count). The summed E-state index contributed by atoms with van der Waals surface area (Å²) in [6.45, 7) is 0. The lowest BCUT2D eigenvalue weighted by atomic mass is 10.1. The topological polar surface area (TPSA) is 4.41 Å². The molecule has 2 heteroatoms. The second kappa shape index (κ2) is 6.98. The van der Waals surface area contributed by atoms with Gasteiger partial charge < -0.3 is 4.40 Å². The predicted molar refractivity (Wildman–Crippen MR) is 104 cm³/mol. The van der Waals surface area contributed by atoms with Gasteiger partial charge in [-0.05, 0) is 41.8 Å². The van der Waals surface area contributed by atoms with E-state index in [4.69, 9.17) is 0 Å². The third-order valence-corrected chi connectivity index (χ3v) is 5.18. The molecule has 0 spiro atoms. The minimum Gasteiger partial charge on any atom is -0.323 e. The van der Waals surface area contributed by atoms with Crippen molar-refractivity contribution in [3.63, 3.8) is 0 Å². The van der Waals surface area contributed by atoms with Crippen molar-refractivity contribution in [1.82, 2.24) is 4.40 Å². The normalized spacial score (nSPS) is 11.0. The molecule has 0 saturated heterocycles. The third-order valence-electron chi connectivity index (χ3n) is 4.16. The van der Waals surface area contributed by atoms with E-state index >= 15 is 0 Å². The van der Waals surface area contributed by atoms with Crippen molar-refractivity contribution in [2.45, 2.75) is 11.3 Å². The van der Waals surface area contributed by atoms with Crippen molar-refractivity contribution in [2.24, 2.45) is 0 Å². The van der Waals surface area contributed by atoms with Crippen LogP contribution in [0.2, 0.25) is 0 Å². The number of nitrogens with zero attached hydrogens (tertiary/aromatic N) is 1. The molecule has 0 saturated carbocycles. The summed E-state index contributed by atoms with van der Waals surface area (Å²) in [7, 11) is 0. The van der Waals surface area contributed by atoms with Crippen LogP contribution in [-0.2, 0) is 6.42 Å². The van der Waals surface area contributed by atoms with Gasteiger partial charge in [0.2, 0.25) is 0 Å². The zero-order chi connectivity index (χ0) is 16.2. The van der Waals surface area contributed by atoms with E-state index in [1.54, 1.807) is 0 Å². The molecule has 0 amide bonds. The van der Waals surface area contributed by atoms with E-state index in [1.807, 2.05) is 11.8 Å². The molecule has 2 aromatic heterocycles. The van der Waals surface area contributed by atoms with Crippen molar-refractivity contribution in [3.8, 4) is 11.1 Å². The number of benzene rings is 2. The molecule has 2 aromatic carbocycles. The summed E-state index contributed by atoms with van der Waals surface area (Å²) in [4.78, 5) is 1.34. The zero-order valence-electron chi connectivity index (χ0n) is 13.4. The quantitative estimate of drug-likeness (QED) is 0.410. The van der Waals surface area contributed by atoms with Crippen LogP contribution >= 0.6 is 11.8 Å². The monoisotopic (exact) mass is 329 g/mol. The Hall–Kier alpha value is -2.45. The Morgan fingerprint density at radius 2 is 1.46 bits per heavy atom. The molecule has 0 aliphatic heterocycles. The second-order valence-electron chi connectivity index (χ2n) is 5.88. The number of aromatic nitrogens is 1. The van der Waals surface area contributed by atoms with E-state index in [0.29, 0.717) is 0 Å². The van der Waals surface area contributed by atoms with E-state index in [2.05, 4.69) is 95.7 Å². The van der Waals surface area contributed by atoms with Gasteiger partial charge in [0.05, 0.1) is 0 Å². The number of hydrogen-bond donors (Lipinski definition) is 0. The Balaban J connectivity index is 1.49. The Morgan fingerprint density at radius 3 is 2.25 bits per heavy atom. The molecule has 118 valence electrons. The molecule has 0 radical (unpaired) electrons. The third kappa shape index (κ3) is 3.39. The first-order valence-corrected chi connectivity index (χ1v) is 9.21. The van der Waals surface area contributed by atoms with Crippen molar-refractivity contribution in [3.05, 3.63) is 96.8 Å². The summed E-state index contributed by atoms with van der Waals surface area (Å²) in [5, 5.41) is 0. The lowest BCUT2D eigenvalue weighted by molar-refractivity contribution is 1.08. The lowest BCUT2D eigenvalue weighted by Gasteiger charge is -2.03. The van der Waals surface area contributed by atoms with Crippen LogP contribution in [0, 0.1) is 0 Å². The molecule has 0 N–H and O–H groups in total. The molecule has 0 unspecified atom stereocenters. The van der Waals surface area contributed by atoms with Gasteiger partial charge in [-0.15, -0.1) is 11.8 Å². The molecule has 0 aliphatic carbocycles. The van der Waals surface area contributed by atoms with Crippen LogP contribution in [0.15, 0.2) is 96.2 Å². The SMILES string of the molecule is c1ccc(SCCc2ccc3cc(-c4ccccc4)cn3c2)cc1. The van der Waals surface area contributed by atoms with Gasteiger partial charge >= 0.3 is 0 Å². The number of hydrogen-bond acceptors (Lipinski definition) is 1. The lowest BCUT2D eigenvalue weighted by Crippen LogP contribution is -1.91. The van der Waals surface area contributed by atoms with Gasteiger partial charge in [-0.1, -0.05) is 54.6 Å². The summed E-state index contributed by atoms with van der Waals surface area (Å²) in [5.74, 6) is 1.10. The average molecular weight is 329 g/mol. The average Bonchev–Trinajstić information content (AvgIpc) is 3.07. The zero-order valence-corrected chi connectivity index (χ0v) is 14.2. The van der Waals surface area contributed by atoms with Gasteiger partial charge in [0.25, 0.3) is 0 Å². The molecule has 1 nitrogen and oxygen atoms in total. The Kier molecular flexibility index (Phi) is 4.39. The molecule has 0 fully saturated rings. The fourth-order valence-corrected chi connectivity index (χ4v) is 3.82.